The molecule has 16 heteroatoms. The maximum Gasteiger partial charge on any atom is 0.243 e. The Bertz CT molecular complexity index is 2320. The molecule has 334 valence electrons. The number of aliphatic imine (C=N–C) groups is 1. The minimum Gasteiger partial charge on any atom is -0.370 e. The van der Waals surface area contributed by atoms with Gasteiger partial charge in [0.15, 0.2) is 17.5 Å². The highest BCUT2D eigenvalue weighted by Gasteiger charge is 2.32. The lowest BCUT2D eigenvalue weighted by Gasteiger charge is -2.30. The van der Waals surface area contributed by atoms with Crippen LogP contribution in [0, 0.1) is 11.6 Å². The van der Waals surface area contributed by atoms with E-state index in [1.807, 2.05) is 0 Å². The number of alkyl halides is 1. The highest BCUT2D eigenvalue weighted by Crippen LogP contribution is 2.25. The summed E-state index contributed by atoms with van der Waals surface area (Å²) in [5.41, 5.74) is 12.7. The molecule has 1 fully saturated rings. The molecule has 64 heavy (non-hydrogen) atoms. The zero-order chi connectivity index (χ0) is 46.0. The molecular weight excluding hydrogens is 844 g/mol. The fraction of sp³-hybridized carbons (Fsp3) is 0.271. The lowest BCUT2D eigenvalue weighted by Crippen LogP contribution is -2.57. The summed E-state index contributed by atoms with van der Waals surface area (Å²) >= 11 is 5.89. The van der Waals surface area contributed by atoms with Crippen LogP contribution in [0.25, 0.3) is 12.2 Å². The van der Waals surface area contributed by atoms with Gasteiger partial charge in [-0.05, 0) is 48.3 Å². The van der Waals surface area contributed by atoms with Gasteiger partial charge < -0.3 is 32.3 Å². The third kappa shape index (κ3) is 14.5. The zero-order valence-electron chi connectivity index (χ0n) is 35.0. The van der Waals surface area contributed by atoms with Gasteiger partial charge in [0.05, 0.1) is 11.9 Å². The van der Waals surface area contributed by atoms with Crippen molar-refractivity contribution in [3.8, 4) is 0 Å². The molecule has 0 aromatic heterocycles. The third-order valence-corrected chi connectivity index (χ3v) is 10.6. The van der Waals surface area contributed by atoms with Gasteiger partial charge in [-0.25, -0.2) is 8.78 Å². The minimum absolute atomic E-state index is 0.0207. The summed E-state index contributed by atoms with van der Waals surface area (Å²) < 4.78 is 29.4. The Labute approximate surface area is 375 Å². The van der Waals surface area contributed by atoms with Crippen LogP contribution in [-0.4, -0.2) is 89.7 Å². The molecule has 4 amide bonds. The lowest BCUT2D eigenvalue weighted by molar-refractivity contribution is -0.135. The van der Waals surface area contributed by atoms with Gasteiger partial charge in [-0.3, -0.25) is 33.8 Å². The van der Waals surface area contributed by atoms with E-state index >= 15 is 0 Å². The molecule has 4 aromatic rings. The first-order chi connectivity index (χ1) is 30.8. The number of likely N-dealkylation sites (tertiary alicyclic amines) is 1. The van der Waals surface area contributed by atoms with Crippen molar-refractivity contribution in [2.24, 2.45) is 16.5 Å². The van der Waals surface area contributed by atoms with Crippen molar-refractivity contribution in [3.63, 3.8) is 0 Å². The molecule has 0 spiro atoms. The van der Waals surface area contributed by atoms with Crippen molar-refractivity contribution >= 4 is 64.9 Å². The van der Waals surface area contributed by atoms with E-state index in [2.05, 4.69) is 20.9 Å². The molecule has 3 atom stereocenters. The van der Waals surface area contributed by atoms with E-state index in [-0.39, 0.29) is 85.9 Å². The van der Waals surface area contributed by atoms with Gasteiger partial charge in [-0.1, -0.05) is 97.1 Å². The first-order valence-electron chi connectivity index (χ1n) is 20.7. The van der Waals surface area contributed by atoms with Crippen molar-refractivity contribution < 1.29 is 37.5 Å². The van der Waals surface area contributed by atoms with E-state index in [4.69, 9.17) is 23.1 Å². The van der Waals surface area contributed by atoms with Crippen LogP contribution in [0.5, 0.6) is 0 Å². The third-order valence-electron chi connectivity index (χ3n) is 10.3. The largest absolute Gasteiger partial charge is 0.370 e. The molecule has 1 heterocycles. The quantitative estimate of drug-likeness (QED) is 0.0282. The summed E-state index contributed by atoms with van der Waals surface area (Å²) in [7, 11) is 0. The summed E-state index contributed by atoms with van der Waals surface area (Å²) in [5, 5.41) is 8.23. The fourth-order valence-corrected chi connectivity index (χ4v) is 7.18. The molecule has 0 saturated carbocycles. The lowest BCUT2D eigenvalue weighted by atomic mass is 9.93. The fourth-order valence-electron chi connectivity index (χ4n) is 6.99. The average molecular weight is 894 g/mol. The summed E-state index contributed by atoms with van der Waals surface area (Å²) in [4.78, 5) is 87.2. The number of hydrogen-bond acceptors (Lipinski definition) is 7. The number of carbonyl (C=O) groups is 6. The smallest absolute Gasteiger partial charge is 0.243 e. The number of hydrogen-bond donors (Lipinski definition) is 5. The number of guanidine groups is 1. The van der Waals surface area contributed by atoms with Crippen molar-refractivity contribution in [3.05, 3.63) is 154 Å². The van der Waals surface area contributed by atoms with Crippen LogP contribution >= 0.6 is 11.6 Å². The van der Waals surface area contributed by atoms with Crippen molar-refractivity contribution in [2.75, 3.05) is 25.5 Å². The molecular formula is C48H50ClF2N7O6. The number of rotatable bonds is 20. The topological polar surface area (TPSA) is 206 Å². The Hall–Kier alpha value is -7.00. The Balaban J connectivity index is 1.33. The van der Waals surface area contributed by atoms with Crippen LogP contribution in [0.4, 0.5) is 8.78 Å². The number of ketones is 2. The molecule has 0 radical (unpaired) electrons. The number of halogens is 3. The van der Waals surface area contributed by atoms with Crippen LogP contribution in [0.2, 0.25) is 0 Å². The predicted molar refractivity (Wildman–Crippen MR) is 241 cm³/mol. The molecule has 5 rings (SSSR count). The molecule has 0 unspecified atom stereocenters. The number of piperidine rings is 1. The van der Waals surface area contributed by atoms with Gasteiger partial charge in [0, 0.05) is 67.6 Å². The summed E-state index contributed by atoms with van der Waals surface area (Å²) in [5.74, 6) is -5.11. The summed E-state index contributed by atoms with van der Waals surface area (Å²) in [6, 6.07) is 26.0. The van der Waals surface area contributed by atoms with Crippen LogP contribution in [0.1, 0.15) is 47.9 Å². The normalized spacial score (nSPS) is 15.2. The van der Waals surface area contributed by atoms with Crippen LogP contribution in [0.3, 0.4) is 0 Å². The predicted octanol–water partition coefficient (Wildman–Crippen LogP) is 4.42. The highest BCUT2D eigenvalue weighted by atomic mass is 35.5. The molecule has 1 aliphatic rings. The molecule has 13 nitrogen and oxygen atoms in total. The number of nitrogens with zero attached hydrogens (tertiary/aromatic N) is 2. The Kier molecular flexibility index (Phi) is 18.0. The SMILES string of the molecule is NC(N)=NCCC[C@H](NC(=O)[C@H](Cc1ccccc1)NC(=O)[C@@H](Cc1ccccc1)NC(=O)CCC(=O)N1C/C(=C/c2ccccc2F)C(=O)/C(=C/c2ccccc2F)C1)C(=O)CCl. The average Bonchev–Trinajstić information content (AvgIpc) is 3.29. The Morgan fingerprint density at radius 1 is 0.672 bits per heavy atom. The van der Waals surface area contributed by atoms with Gasteiger partial charge in [0.25, 0.3) is 0 Å². The molecule has 0 bridgehead atoms. The van der Waals surface area contributed by atoms with E-state index < -0.39 is 65.0 Å². The molecule has 4 aromatic carbocycles. The van der Waals surface area contributed by atoms with Gasteiger partial charge in [0.1, 0.15) is 23.7 Å². The Morgan fingerprint density at radius 3 is 1.62 bits per heavy atom. The van der Waals surface area contributed by atoms with Gasteiger partial charge in [0.2, 0.25) is 23.6 Å². The summed E-state index contributed by atoms with van der Waals surface area (Å²) in [6.07, 6.45) is 2.58. The highest BCUT2D eigenvalue weighted by molar-refractivity contribution is 6.28. The second-order valence-electron chi connectivity index (χ2n) is 15.1. The molecule has 1 aliphatic heterocycles. The van der Waals surface area contributed by atoms with Crippen molar-refractivity contribution in [1.82, 2.24) is 20.9 Å². The monoisotopic (exact) mass is 893 g/mol. The minimum atomic E-state index is -1.21. The van der Waals surface area contributed by atoms with E-state index in [1.165, 1.54) is 53.5 Å². The van der Waals surface area contributed by atoms with Gasteiger partial charge in [-0.2, -0.15) is 0 Å². The van der Waals surface area contributed by atoms with E-state index in [9.17, 15) is 37.5 Å². The van der Waals surface area contributed by atoms with Crippen molar-refractivity contribution in [2.45, 2.75) is 56.7 Å². The second kappa shape index (κ2) is 24.0. The molecule has 7 N–H and O–H groups in total. The second-order valence-corrected chi connectivity index (χ2v) is 15.4. The standard InChI is InChI=1S/C48H50ClF2N7O6/c49-28-42(59)39(20-11-23-54-48(52)53)56-47(64)41(25-32-14-5-2-6-15-32)57-46(63)40(24-31-12-3-1-4-13-31)55-43(60)21-22-44(61)58-29-35(26-33-16-7-9-18-37(33)50)45(62)36(30-58)27-34-17-8-10-19-38(34)51/h1-10,12-19,26-27,39-41H,11,20-25,28-30H2,(H,55,60)(H,56,64)(H,57,63)(H4,52,53,54)/b35-26-,36-27+/t39-,40+,41-/m0/s1. The van der Waals surface area contributed by atoms with Gasteiger partial charge in [-0.15, -0.1) is 11.6 Å². The number of carbonyl (C=O) groups excluding carboxylic acids is 6. The Morgan fingerprint density at radius 2 is 1.14 bits per heavy atom. The maximum absolute atomic E-state index is 14.7. The number of benzene rings is 4. The van der Waals surface area contributed by atoms with Crippen LogP contribution in [-0.2, 0) is 41.6 Å². The first kappa shape index (κ1) is 48.0. The summed E-state index contributed by atoms with van der Waals surface area (Å²) in [6.45, 7) is -0.181. The van der Waals surface area contributed by atoms with Crippen molar-refractivity contribution in [1.29, 1.82) is 0 Å². The number of nitrogens with one attached hydrogen (secondary N) is 3. The molecule has 1 saturated heterocycles. The van der Waals surface area contributed by atoms with Crippen LogP contribution in [0.15, 0.2) is 125 Å². The van der Waals surface area contributed by atoms with Crippen LogP contribution < -0.4 is 27.4 Å². The number of nitrogens with two attached hydrogens (primary N) is 2. The maximum atomic E-state index is 14.7. The number of amides is 4. The van der Waals surface area contributed by atoms with E-state index in [0.717, 1.165) is 0 Å². The van der Waals surface area contributed by atoms with Gasteiger partial charge >= 0.3 is 0 Å². The molecule has 0 aliphatic carbocycles. The van der Waals surface area contributed by atoms with E-state index in [0.29, 0.717) is 17.5 Å². The first-order valence-corrected chi connectivity index (χ1v) is 21.2. The van der Waals surface area contributed by atoms with E-state index in [1.54, 1.807) is 72.8 Å². The zero-order valence-corrected chi connectivity index (χ0v) is 35.7. The number of Topliss-reactive ketones (excluding diaryl/α,β-unsaturated/α-hetero) is 2.